The standard InChI is InChI=1S/C21H24N2O3/c1-4-12-16-15(24)11-23(2)10-9-21(19(12)23)13-7-5-6-8-14(13)22-18(21)17(16)20(25)26-3/h4-8,15-16,19,24H,9-11H2,1-3H3/p+1/b12-4+/t15-,16-,19-,21-,23?/m1/s1. The number of benzene rings is 1. The molecule has 5 nitrogen and oxygen atoms in total. The lowest BCUT2D eigenvalue weighted by Gasteiger charge is -2.53. The van der Waals surface area contributed by atoms with Gasteiger partial charge in [-0.25, -0.2) is 0 Å². The van der Waals surface area contributed by atoms with Gasteiger partial charge >= 0.3 is 0 Å². The summed E-state index contributed by atoms with van der Waals surface area (Å²) in [5.74, 6) is -0.526. The maximum atomic E-state index is 12.9. The van der Waals surface area contributed by atoms with Gasteiger partial charge in [0.15, 0.2) is 6.54 Å². The van der Waals surface area contributed by atoms with Crippen LogP contribution in [-0.2, 0) is 10.2 Å². The predicted octanol–water partition coefficient (Wildman–Crippen LogP) is 1.13. The summed E-state index contributed by atoms with van der Waals surface area (Å²) in [5, 5.41) is 21.7. The van der Waals surface area contributed by atoms with E-state index >= 15 is 0 Å². The summed E-state index contributed by atoms with van der Waals surface area (Å²) in [6.45, 7) is 3.82. The van der Waals surface area contributed by atoms with Crippen molar-refractivity contribution in [3.05, 3.63) is 53.0 Å². The van der Waals surface area contributed by atoms with Crippen molar-refractivity contribution in [1.29, 1.82) is 0 Å². The van der Waals surface area contributed by atoms with Crippen LogP contribution in [-0.4, -0.2) is 54.7 Å². The lowest BCUT2D eigenvalue weighted by Crippen LogP contribution is -2.68. The van der Waals surface area contributed by atoms with E-state index in [4.69, 9.17) is 14.8 Å². The Kier molecular flexibility index (Phi) is 3.09. The van der Waals surface area contributed by atoms with Gasteiger partial charge in [0.1, 0.15) is 11.5 Å². The predicted molar refractivity (Wildman–Crippen MR) is 98.2 cm³/mol. The number of methoxy groups -OCH3 is 1. The van der Waals surface area contributed by atoms with Crippen molar-refractivity contribution in [1.82, 2.24) is 0 Å². The first kappa shape index (κ1) is 16.1. The highest BCUT2D eigenvalue weighted by molar-refractivity contribution is 6.15. The second-order valence-corrected chi connectivity index (χ2v) is 8.27. The number of rotatable bonds is 1. The molecule has 5 rings (SSSR count). The Labute approximate surface area is 153 Å². The normalized spacial score (nSPS) is 43.0. The van der Waals surface area contributed by atoms with Crippen molar-refractivity contribution in [3.8, 4) is 0 Å². The lowest BCUT2D eigenvalue weighted by molar-refractivity contribution is -0.925. The molecule has 5 heteroatoms. The highest BCUT2D eigenvalue weighted by Gasteiger charge is 2.71. The number of para-hydroxylation sites is 1. The molecule has 0 aromatic heterocycles. The van der Waals surface area contributed by atoms with Gasteiger partial charge in [0.25, 0.3) is 0 Å². The monoisotopic (exact) mass is 353 g/mol. The second kappa shape index (κ2) is 4.99. The first-order chi connectivity index (χ1) is 12.5. The molecule has 1 aromatic carbocycles. The van der Waals surface area contributed by atoms with Crippen molar-refractivity contribution >= 4 is 11.4 Å². The molecular formula is C21H25N2O3+. The molecule has 3 heterocycles. The number of hydrogen-bond acceptors (Lipinski definition) is 3. The molecule has 2 N–H and O–H groups in total. The van der Waals surface area contributed by atoms with Gasteiger partial charge in [0.2, 0.25) is 6.10 Å². The van der Waals surface area contributed by atoms with Crippen LogP contribution < -0.4 is 5.11 Å². The first-order valence-electron chi connectivity index (χ1n) is 9.33. The van der Waals surface area contributed by atoms with E-state index in [0.717, 1.165) is 35.4 Å². The van der Waals surface area contributed by atoms with E-state index in [1.807, 2.05) is 12.1 Å². The van der Waals surface area contributed by atoms with Crippen LogP contribution >= 0.6 is 0 Å². The Morgan fingerprint density at radius 1 is 1.42 bits per heavy atom. The van der Waals surface area contributed by atoms with Crippen molar-refractivity contribution in [3.63, 3.8) is 0 Å². The Morgan fingerprint density at radius 3 is 2.92 bits per heavy atom. The number of ether oxygens (including phenoxy) is 1. The molecule has 1 saturated carbocycles. The number of fused-ring (bicyclic) bond motifs is 2. The SMILES string of the molecule is C/C=C1\[C@H]2C(=C([O-])OC)C3=Nc4ccccc4[C@]34CC[N+](C)(C[C@H]2[OH2+])[C@H]14. The molecule has 1 spiro atoms. The number of aliphatic imine (C=N–C) groups is 1. The quantitative estimate of drug-likeness (QED) is 0.329. The number of quaternary nitrogens is 1. The summed E-state index contributed by atoms with van der Waals surface area (Å²) in [6, 6.07) is 8.56. The summed E-state index contributed by atoms with van der Waals surface area (Å²) in [5.41, 5.74) is 4.69. The second-order valence-electron chi connectivity index (χ2n) is 8.27. The Bertz CT molecular complexity index is 902. The fourth-order valence-electron chi connectivity index (χ4n) is 6.34. The Morgan fingerprint density at radius 2 is 2.19 bits per heavy atom. The number of nitrogens with zero attached hydrogens (tertiary/aromatic N) is 2. The summed E-state index contributed by atoms with van der Waals surface area (Å²) < 4.78 is 6.05. The Hall–Kier alpha value is -2.11. The summed E-state index contributed by atoms with van der Waals surface area (Å²) in [6.07, 6.45) is 2.76. The zero-order valence-electron chi connectivity index (χ0n) is 15.5. The van der Waals surface area contributed by atoms with Crippen LogP contribution in [0.5, 0.6) is 0 Å². The molecule has 2 bridgehead atoms. The number of piperidine rings is 1. The Balaban J connectivity index is 1.89. The fraction of sp³-hybridized carbons (Fsp3) is 0.476. The summed E-state index contributed by atoms with van der Waals surface area (Å²) >= 11 is 0. The van der Waals surface area contributed by atoms with Gasteiger partial charge in [0.05, 0.1) is 36.9 Å². The van der Waals surface area contributed by atoms with Gasteiger partial charge in [-0.2, -0.15) is 0 Å². The van der Waals surface area contributed by atoms with Gasteiger partial charge in [-0.3, -0.25) is 4.99 Å². The maximum Gasteiger partial charge on any atom is 0.214 e. The number of hydrogen-bond donors (Lipinski definition) is 0. The van der Waals surface area contributed by atoms with Gasteiger partial charge < -0.3 is 19.4 Å². The molecule has 1 aliphatic carbocycles. The van der Waals surface area contributed by atoms with Crippen LogP contribution in [0.4, 0.5) is 5.69 Å². The topological polar surface area (TPSA) is 67.5 Å². The number of allylic oxidation sites excluding steroid dienone is 1. The third-order valence-electron chi connectivity index (χ3n) is 7.14. The summed E-state index contributed by atoms with van der Waals surface area (Å²) in [4.78, 5) is 4.97. The molecule has 136 valence electrons. The third-order valence-corrected chi connectivity index (χ3v) is 7.14. The van der Waals surface area contributed by atoms with Gasteiger partial charge in [-0.1, -0.05) is 24.3 Å². The van der Waals surface area contributed by atoms with Crippen LogP contribution in [0.3, 0.4) is 0 Å². The fourth-order valence-corrected chi connectivity index (χ4v) is 6.34. The molecule has 3 aliphatic heterocycles. The van der Waals surface area contributed by atoms with Gasteiger partial charge in [0, 0.05) is 12.0 Å². The first-order valence-corrected chi connectivity index (χ1v) is 9.33. The molecule has 2 saturated heterocycles. The highest BCUT2D eigenvalue weighted by Crippen LogP contribution is 2.62. The third kappa shape index (κ3) is 1.62. The molecule has 0 amide bonds. The molecule has 26 heavy (non-hydrogen) atoms. The van der Waals surface area contributed by atoms with Crippen molar-refractivity contribution in [2.24, 2.45) is 10.9 Å². The van der Waals surface area contributed by atoms with Crippen LogP contribution in [0.15, 0.2) is 52.4 Å². The van der Waals surface area contributed by atoms with Crippen LogP contribution in [0, 0.1) is 5.92 Å². The van der Waals surface area contributed by atoms with Crippen LogP contribution in [0.25, 0.3) is 0 Å². The van der Waals surface area contributed by atoms with E-state index in [-0.39, 0.29) is 29.4 Å². The molecule has 1 unspecified atom stereocenters. The maximum absolute atomic E-state index is 12.9. The molecule has 0 radical (unpaired) electrons. The van der Waals surface area contributed by atoms with E-state index < -0.39 is 0 Å². The zero-order chi connectivity index (χ0) is 18.3. The average molecular weight is 353 g/mol. The van der Waals surface area contributed by atoms with Crippen LogP contribution in [0.1, 0.15) is 18.9 Å². The number of likely N-dealkylation sites (N-methyl/N-ethyl adjacent to an activating group) is 1. The van der Waals surface area contributed by atoms with E-state index in [2.05, 4.69) is 32.2 Å². The van der Waals surface area contributed by atoms with E-state index in [1.165, 1.54) is 18.2 Å². The van der Waals surface area contributed by atoms with Gasteiger partial charge in [-0.15, -0.1) is 0 Å². The van der Waals surface area contributed by atoms with E-state index in [0.29, 0.717) is 5.57 Å². The van der Waals surface area contributed by atoms with Crippen molar-refractivity contribution < 1.29 is 19.4 Å². The van der Waals surface area contributed by atoms with E-state index in [1.54, 1.807) is 0 Å². The molecular weight excluding hydrogens is 328 g/mol. The van der Waals surface area contributed by atoms with Crippen molar-refractivity contribution in [2.45, 2.75) is 30.9 Å². The van der Waals surface area contributed by atoms with E-state index in [9.17, 15) is 5.11 Å². The van der Waals surface area contributed by atoms with Crippen molar-refractivity contribution in [2.75, 3.05) is 27.2 Å². The largest absolute Gasteiger partial charge is 0.616 e. The zero-order valence-corrected chi connectivity index (χ0v) is 15.5. The lowest BCUT2D eigenvalue weighted by atomic mass is 9.56. The minimum atomic E-state index is -0.348. The molecule has 3 fully saturated rings. The van der Waals surface area contributed by atoms with Gasteiger partial charge in [-0.05, 0) is 31.2 Å². The molecule has 4 aliphatic rings. The molecule has 5 atom stereocenters. The summed E-state index contributed by atoms with van der Waals surface area (Å²) in [7, 11) is 3.71. The minimum Gasteiger partial charge on any atom is -0.616 e. The highest BCUT2D eigenvalue weighted by atomic mass is 16.6. The van der Waals surface area contributed by atoms with Crippen LogP contribution in [0.2, 0.25) is 0 Å². The smallest absolute Gasteiger partial charge is 0.214 e. The minimum absolute atomic E-state index is 0.206. The molecule has 1 aromatic rings. The average Bonchev–Trinajstić information content (AvgIpc) is 3.14.